The van der Waals surface area contributed by atoms with Gasteiger partial charge in [-0.1, -0.05) is 141 Å². The summed E-state index contributed by atoms with van der Waals surface area (Å²) < 4.78 is 5.50. The SMILES string of the molecule is CCCCc1cccc(/C=C/C=C/c2ccc(N(c3ccc(/C=C/C=C/c4ccccc4)cc3)c3ccc(OC)cc3C)cc2)c1. The third-order valence-corrected chi connectivity index (χ3v) is 7.89. The lowest BCUT2D eigenvalue weighted by atomic mass is 10.1. The Morgan fingerprint density at radius 1 is 0.565 bits per heavy atom. The zero-order chi connectivity index (χ0) is 32.0. The Kier molecular flexibility index (Phi) is 11.6. The first kappa shape index (κ1) is 32.1. The lowest BCUT2D eigenvalue weighted by Gasteiger charge is -2.27. The van der Waals surface area contributed by atoms with Gasteiger partial charge in [0.15, 0.2) is 0 Å². The molecule has 0 fully saturated rings. The third kappa shape index (κ3) is 9.09. The lowest BCUT2D eigenvalue weighted by molar-refractivity contribution is 0.414. The highest BCUT2D eigenvalue weighted by Crippen LogP contribution is 2.38. The molecule has 0 heterocycles. The highest BCUT2D eigenvalue weighted by atomic mass is 16.5. The van der Waals surface area contributed by atoms with E-state index in [1.54, 1.807) is 7.11 Å². The predicted molar refractivity (Wildman–Crippen MR) is 200 cm³/mol. The molecule has 0 radical (unpaired) electrons. The van der Waals surface area contributed by atoms with Gasteiger partial charge in [-0.25, -0.2) is 0 Å². The molecule has 0 aliphatic rings. The molecule has 5 aromatic carbocycles. The van der Waals surface area contributed by atoms with Crippen LogP contribution in [0.2, 0.25) is 0 Å². The van der Waals surface area contributed by atoms with Gasteiger partial charge in [0, 0.05) is 17.1 Å². The second-order valence-electron chi connectivity index (χ2n) is 11.4. The first-order valence-electron chi connectivity index (χ1n) is 16.1. The largest absolute Gasteiger partial charge is 0.497 e. The van der Waals surface area contributed by atoms with E-state index in [4.69, 9.17) is 4.74 Å². The molecule has 0 N–H and O–H groups in total. The van der Waals surface area contributed by atoms with Gasteiger partial charge in [0.05, 0.1) is 7.11 Å². The Balaban J connectivity index is 1.33. The van der Waals surface area contributed by atoms with Crippen molar-refractivity contribution < 1.29 is 4.74 Å². The second-order valence-corrected chi connectivity index (χ2v) is 11.4. The molecule has 0 bridgehead atoms. The Morgan fingerprint density at radius 2 is 1.11 bits per heavy atom. The number of nitrogens with zero attached hydrogens (tertiary/aromatic N) is 1. The number of rotatable bonds is 13. The van der Waals surface area contributed by atoms with Gasteiger partial charge in [-0.2, -0.15) is 0 Å². The van der Waals surface area contributed by atoms with E-state index < -0.39 is 0 Å². The number of methoxy groups -OCH3 is 1. The number of hydrogen-bond acceptors (Lipinski definition) is 2. The lowest BCUT2D eigenvalue weighted by Crippen LogP contribution is -2.11. The van der Waals surface area contributed by atoms with Crippen LogP contribution >= 0.6 is 0 Å². The van der Waals surface area contributed by atoms with Crippen molar-refractivity contribution in [3.05, 3.63) is 179 Å². The highest BCUT2D eigenvalue weighted by molar-refractivity contribution is 5.80. The first-order chi connectivity index (χ1) is 22.6. The van der Waals surface area contributed by atoms with Crippen LogP contribution in [0.1, 0.15) is 53.1 Å². The average molecular weight is 602 g/mol. The molecule has 230 valence electrons. The maximum atomic E-state index is 5.50. The molecule has 0 aromatic heterocycles. The van der Waals surface area contributed by atoms with Crippen molar-refractivity contribution in [2.45, 2.75) is 33.1 Å². The summed E-state index contributed by atoms with van der Waals surface area (Å²) >= 11 is 0. The minimum Gasteiger partial charge on any atom is -0.497 e. The van der Waals surface area contributed by atoms with E-state index >= 15 is 0 Å². The summed E-state index contributed by atoms with van der Waals surface area (Å²) in [6.45, 7) is 4.37. The highest BCUT2D eigenvalue weighted by Gasteiger charge is 2.15. The Hall–Kier alpha value is -5.34. The third-order valence-electron chi connectivity index (χ3n) is 7.89. The van der Waals surface area contributed by atoms with Crippen molar-refractivity contribution in [1.29, 1.82) is 0 Å². The Bertz CT molecular complexity index is 1790. The van der Waals surface area contributed by atoms with E-state index in [1.807, 2.05) is 12.1 Å². The molecule has 5 aromatic rings. The van der Waals surface area contributed by atoms with Crippen molar-refractivity contribution in [3.8, 4) is 5.75 Å². The van der Waals surface area contributed by atoms with Crippen molar-refractivity contribution >= 4 is 41.4 Å². The van der Waals surface area contributed by atoms with E-state index in [0.29, 0.717) is 0 Å². The molecule has 0 unspecified atom stereocenters. The van der Waals surface area contributed by atoms with Crippen LogP contribution in [-0.4, -0.2) is 7.11 Å². The molecular formula is C44H43NO. The van der Waals surface area contributed by atoms with Gasteiger partial charge in [-0.15, -0.1) is 0 Å². The molecule has 0 saturated heterocycles. The van der Waals surface area contributed by atoms with E-state index in [-0.39, 0.29) is 0 Å². The van der Waals surface area contributed by atoms with Crippen LogP contribution in [0.3, 0.4) is 0 Å². The maximum absolute atomic E-state index is 5.50. The number of unbranched alkanes of at least 4 members (excludes halogenated alkanes) is 1. The summed E-state index contributed by atoms with van der Waals surface area (Å²) in [4.78, 5) is 2.30. The van der Waals surface area contributed by atoms with Gasteiger partial charge in [0.2, 0.25) is 0 Å². The Morgan fingerprint density at radius 3 is 1.65 bits per heavy atom. The van der Waals surface area contributed by atoms with E-state index in [1.165, 1.54) is 29.5 Å². The van der Waals surface area contributed by atoms with E-state index in [2.05, 4.69) is 177 Å². The number of aryl methyl sites for hydroxylation is 2. The van der Waals surface area contributed by atoms with Gasteiger partial charge in [-0.3, -0.25) is 0 Å². The summed E-state index contributed by atoms with van der Waals surface area (Å²) in [5.41, 5.74) is 10.6. The van der Waals surface area contributed by atoms with Crippen molar-refractivity contribution in [2.75, 3.05) is 12.0 Å². The normalized spacial score (nSPS) is 11.7. The molecule has 0 aliphatic carbocycles. The first-order valence-corrected chi connectivity index (χ1v) is 16.1. The summed E-state index contributed by atoms with van der Waals surface area (Å²) in [5, 5.41) is 0. The van der Waals surface area contributed by atoms with Gasteiger partial charge < -0.3 is 9.64 Å². The molecule has 2 nitrogen and oxygen atoms in total. The molecule has 46 heavy (non-hydrogen) atoms. The molecule has 0 saturated carbocycles. The molecule has 5 rings (SSSR count). The van der Waals surface area contributed by atoms with Gasteiger partial charge in [-0.05, 0) is 95.6 Å². The summed E-state index contributed by atoms with van der Waals surface area (Å²) in [5.74, 6) is 0.853. The van der Waals surface area contributed by atoms with Crippen LogP contribution in [-0.2, 0) is 6.42 Å². The monoisotopic (exact) mass is 601 g/mol. The average Bonchev–Trinajstić information content (AvgIpc) is 3.10. The van der Waals surface area contributed by atoms with Crippen LogP contribution in [0, 0.1) is 6.92 Å². The smallest absolute Gasteiger partial charge is 0.119 e. The molecule has 0 amide bonds. The Labute approximate surface area is 275 Å². The minimum atomic E-state index is 0.853. The van der Waals surface area contributed by atoms with E-state index in [9.17, 15) is 0 Å². The van der Waals surface area contributed by atoms with Crippen LogP contribution in [0.15, 0.2) is 146 Å². The van der Waals surface area contributed by atoms with Crippen LogP contribution in [0.25, 0.3) is 24.3 Å². The van der Waals surface area contributed by atoms with Gasteiger partial charge in [0.25, 0.3) is 0 Å². The van der Waals surface area contributed by atoms with Crippen LogP contribution < -0.4 is 9.64 Å². The van der Waals surface area contributed by atoms with Crippen LogP contribution in [0.5, 0.6) is 5.75 Å². The zero-order valence-electron chi connectivity index (χ0n) is 27.1. The molecule has 0 aliphatic heterocycles. The number of hydrogen-bond donors (Lipinski definition) is 0. The predicted octanol–water partition coefficient (Wildman–Crippen LogP) is 12.3. The molecular weight excluding hydrogens is 558 g/mol. The fourth-order valence-corrected chi connectivity index (χ4v) is 5.37. The summed E-state index contributed by atoms with van der Waals surface area (Å²) in [6.07, 6.45) is 20.5. The van der Waals surface area contributed by atoms with Crippen LogP contribution in [0.4, 0.5) is 17.1 Å². The number of anilines is 3. The quantitative estimate of drug-likeness (QED) is 0.124. The van der Waals surface area contributed by atoms with E-state index in [0.717, 1.165) is 45.9 Å². The second kappa shape index (κ2) is 16.7. The fourth-order valence-electron chi connectivity index (χ4n) is 5.37. The van der Waals surface area contributed by atoms with Crippen molar-refractivity contribution in [2.24, 2.45) is 0 Å². The number of benzene rings is 5. The molecule has 0 atom stereocenters. The summed E-state index contributed by atoms with van der Waals surface area (Å²) in [7, 11) is 1.71. The maximum Gasteiger partial charge on any atom is 0.119 e. The van der Waals surface area contributed by atoms with Crippen molar-refractivity contribution in [1.82, 2.24) is 0 Å². The summed E-state index contributed by atoms with van der Waals surface area (Å²) in [6, 6.07) is 42.8. The number of allylic oxidation sites excluding steroid dienone is 4. The fraction of sp³-hybridized carbons (Fsp3) is 0.136. The molecule has 0 spiro atoms. The minimum absolute atomic E-state index is 0.853. The topological polar surface area (TPSA) is 12.5 Å². The van der Waals surface area contributed by atoms with Crippen molar-refractivity contribution in [3.63, 3.8) is 0 Å². The van der Waals surface area contributed by atoms with Gasteiger partial charge in [0.1, 0.15) is 5.75 Å². The molecule has 2 heteroatoms. The zero-order valence-corrected chi connectivity index (χ0v) is 27.1. The van der Waals surface area contributed by atoms with Gasteiger partial charge >= 0.3 is 0 Å². The standard InChI is InChI=1S/C44H43NO/c1-4-5-14-39-21-13-22-40(34-39)20-12-11-19-38-25-29-42(30-26-38)45(44-32-31-43(46-3)33-35(44)2)41-27-23-37(24-28-41)18-10-9-17-36-15-7-6-8-16-36/h6-13,15-34H,4-5,14H2,1-3H3/b17-9+,18-10+,19-11+,20-12+. The number of ether oxygens (including phenoxy) is 1.